The summed E-state index contributed by atoms with van der Waals surface area (Å²) in [6, 6.07) is 0. The Morgan fingerprint density at radius 3 is 1.53 bits per heavy atom. The van der Waals surface area contributed by atoms with Crippen LogP contribution in [0, 0.1) is 0 Å². The Kier molecular flexibility index (Phi) is 8.28. The molecule has 0 aromatic heterocycles. The zero-order valence-electron chi connectivity index (χ0n) is 9.93. The molecule has 15 heavy (non-hydrogen) atoms. The molecule has 0 aliphatic heterocycles. The predicted octanol–water partition coefficient (Wildman–Crippen LogP) is -0.353. The SMILES string of the molecule is CCCCC(C)(O)C(C)(C)O.OB(O)O. The van der Waals surface area contributed by atoms with Crippen LogP contribution in [-0.4, -0.2) is 43.8 Å². The van der Waals surface area contributed by atoms with Crippen LogP contribution in [0.1, 0.15) is 47.0 Å². The molecule has 6 heteroatoms. The molecule has 5 nitrogen and oxygen atoms in total. The highest BCUT2D eigenvalue weighted by Gasteiger charge is 2.36. The van der Waals surface area contributed by atoms with E-state index in [-0.39, 0.29) is 0 Å². The first kappa shape index (κ1) is 17.3. The van der Waals surface area contributed by atoms with Crippen LogP contribution in [-0.2, 0) is 0 Å². The minimum absolute atomic E-state index is 0.660. The second-order valence-electron chi connectivity index (χ2n) is 4.28. The fourth-order valence-corrected chi connectivity index (χ4v) is 0.827. The molecule has 0 aliphatic carbocycles. The number of hydrogen-bond acceptors (Lipinski definition) is 5. The van der Waals surface area contributed by atoms with Gasteiger partial charge >= 0.3 is 7.32 Å². The van der Waals surface area contributed by atoms with Gasteiger partial charge in [0.25, 0.3) is 0 Å². The van der Waals surface area contributed by atoms with Gasteiger partial charge in [-0.2, -0.15) is 0 Å². The zero-order chi connectivity index (χ0) is 12.7. The van der Waals surface area contributed by atoms with Crippen molar-refractivity contribution in [3.63, 3.8) is 0 Å². The molecule has 5 N–H and O–H groups in total. The molecule has 0 fully saturated rings. The Morgan fingerprint density at radius 2 is 1.33 bits per heavy atom. The molecule has 92 valence electrons. The van der Waals surface area contributed by atoms with Crippen molar-refractivity contribution in [2.75, 3.05) is 0 Å². The quantitative estimate of drug-likeness (QED) is 0.418. The first-order valence-electron chi connectivity index (χ1n) is 5.03. The second-order valence-corrected chi connectivity index (χ2v) is 4.28. The lowest BCUT2D eigenvalue weighted by molar-refractivity contribution is -0.124. The van der Waals surface area contributed by atoms with Gasteiger partial charge in [0, 0.05) is 0 Å². The third-order valence-electron chi connectivity index (χ3n) is 2.34. The van der Waals surface area contributed by atoms with Gasteiger partial charge in [-0.1, -0.05) is 19.8 Å². The Balaban J connectivity index is 0. The standard InChI is InChI=1S/C9H20O2.BH3O3/c1-5-6-7-9(4,11)8(2,3)10;2-1(3)4/h10-11H,5-7H2,1-4H3;2-4H. The third kappa shape index (κ3) is 10.2. The largest absolute Gasteiger partial charge is 0.631 e. The van der Waals surface area contributed by atoms with E-state index < -0.39 is 18.5 Å². The maximum Gasteiger partial charge on any atom is 0.631 e. The van der Waals surface area contributed by atoms with E-state index in [1.807, 2.05) is 0 Å². The highest BCUT2D eigenvalue weighted by Crippen LogP contribution is 2.26. The summed E-state index contributed by atoms with van der Waals surface area (Å²) in [7, 11) is -2.17. The molecule has 0 spiro atoms. The zero-order valence-corrected chi connectivity index (χ0v) is 9.93. The van der Waals surface area contributed by atoms with Gasteiger partial charge < -0.3 is 25.3 Å². The maximum absolute atomic E-state index is 9.73. The van der Waals surface area contributed by atoms with E-state index in [0.717, 1.165) is 12.8 Å². The number of aliphatic hydroxyl groups is 2. The summed E-state index contributed by atoms with van der Waals surface area (Å²) in [4.78, 5) is 0. The van der Waals surface area contributed by atoms with Crippen molar-refractivity contribution in [1.82, 2.24) is 0 Å². The minimum atomic E-state index is -2.17. The summed E-state index contributed by atoms with van der Waals surface area (Å²) in [6.07, 6.45) is 2.66. The summed E-state index contributed by atoms with van der Waals surface area (Å²) in [6.45, 7) is 7.04. The van der Waals surface area contributed by atoms with E-state index >= 15 is 0 Å². The van der Waals surface area contributed by atoms with Crippen LogP contribution < -0.4 is 0 Å². The lowest BCUT2D eigenvalue weighted by Gasteiger charge is -2.35. The molecule has 0 radical (unpaired) electrons. The number of hydrogen-bond donors (Lipinski definition) is 5. The molecule has 1 unspecified atom stereocenters. The fraction of sp³-hybridized carbons (Fsp3) is 1.00. The van der Waals surface area contributed by atoms with Crippen molar-refractivity contribution in [2.24, 2.45) is 0 Å². The van der Waals surface area contributed by atoms with Crippen LogP contribution in [0.2, 0.25) is 0 Å². The Hall–Kier alpha value is -0.135. The second kappa shape index (κ2) is 7.19. The smallest absolute Gasteiger partial charge is 0.402 e. The molecule has 0 amide bonds. The molecule has 0 bridgehead atoms. The molecule has 0 aromatic rings. The van der Waals surface area contributed by atoms with Crippen molar-refractivity contribution in [1.29, 1.82) is 0 Å². The van der Waals surface area contributed by atoms with Gasteiger partial charge in [-0.15, -0.1) is 0 Å². The van der Waals surface area contributed by atoms with Gasteiger partial charge in [0.05, 0.1) is 11.2 Å². The summed E-state index contributed by atoms with van der Waals surface area (Å²) in [5, 5.41) is 40.8. The van der Waals surface area contributed by atoms with Crippen molar-refractivity contribution >= 4 is 7.32 Å². The van der Waals surface area contributed by atoms with Crippen LogP contribution in [0.4, 0.5) is 0 Å². The summed E-state index contributed by atoms with van der Waals surface area (Å²) >= 11 is 0. The highest BCUT2D eigenvalue weighted by atomic mass is 16.5. The first-order valence-corrected chi connectivity index (χ1v) is 5.03. The highest BCUT2D eigenvalue weighted by molar-refractivity contribution is 6.30. The summed E-state index contributed by atoms with van der Waals surface area (Å²) < 4.78 is 0. The van der Waals surface area contributed by atoms with Gasteiger partial charge in [0.15, 0.2) is 0 Å². The van der Waals surface area contributed by atoms with Crippen LogP contribution in [0.3, 0.4) is 0 Å². The normalized spacial score (nSPS) is 15.0. The Bertz CT molecular complexity index is 150. The Labute approximate surface area is 91.6 Å². The number of rotatable bonds is 4. The summed E-state index contributed by atoms with van der Waals surface area (Å²) in [5.74, 6) is 0. The van der Waals surface area contributed by atoms with Gasteiger partial charge in [-0.05, 0) is 27.2 Å². The molecular formula is C9H23BO5. The predicted molar refractivity (Wildman–Crippen MR) is 58.9 cm³/mol. The monoisotopic (exact) mass is 222 g/mol. The van der Waals surface area contributed by atoms with E-state index in [1.54, 1.807) is 20.8 Å². The first-order chi connectivity index (χ1) is 6.54. The van der Waals surface area contributed by atoms with E-state index in [0.29, 0.717) is 6.42 Å². The van der Waals surface area contributed by atoms with Crippen LogP contribution in [0.15, 0.2) is 0 Å². The Morgan fingerprint density at radius 1 is 1.00 bits per heavy atom. The average Bonchev–Trinajstić information content (AvgIpc) is 1.97. The molecule has 0 aromatic carbocycles. The fourth-order valence-electron chi connectivity index (χ4n) is 0.827. The average molecular weight is 222 g/mol. The molecule has 0 rings (SSSR count). The third-order valence-corrected chi connectivity index (χ3v) is 2.34. The van der Waals surface area contributed by atoms with Gasteiger partial charge in [-0.25, -0.2) is 0 Å². The van der Waals surface area contributed by atoms with E-state index in [4.69, 9.17) is 15.1 Å². The molecular weight excluding hydrogens is 199 g/mol. The van der Waals surface area contributed by atoms with Gasteiger partial charge in [0.2, 0.25) is 0 Å². The molecule has 0 saturated heterocycles. The van der Waals surface area contributed by atoms with E-state index in [9.17, 15) is 10.2 Å². The topological polar surface area (TPSA) is 101 Å². The maximum atomic E-state index is 9.73. The molecule has 0 saturated carbocycles. The van der Waals surface area contributed by atoms with Crippen molar-refractivity contribution in [2.45, 2.75) is 58.2 Å². The van der Waals surface area contributed by atoms with Crippen LogP contribution >= 0.6 is 0 Å². The lowest BCUT2D eigenvalue weighted by atomic mass is 9.83. The molecule has 1 atom stereocenters. The van der Waals surface area contributed by atoms with Crippen molar-refractivity contribution in [3.05, 3.63) is 0 Å². The molecule has 0 aliphatic rings. The van der Waals surface area contributed by atoms with Gasteiger partial charge in [0.1, 0.15) is 0 Å². The van der Waals surface area contributed by atoms with Crippen molar-refractivity contribution < 1.29 is 25.3 Å². The van der Waals surface area contributed by atoms with E-state index in [1.165, 1.54) is 0 Å². The number of unbranched alkanes of at least 4 members (excludes halogenated alkanes) is 1. The van der Waals surface area contributed by atoms with Gasteiger partial charge in [-0.3, -0.25) is 0 Å². The summed E-state index contributed by atoms with van der Waals surface area (Å²) in [5.41, 5.74) is -1.95. The lowest BCUT2D eigenvalue weighted by Crippen LogP contribution is -2.47. The van der Waals surface area contributed by atoms with Crippen LogP contribution in [0.5, 0.6) is 0 Å². The van der Waals surface area contributed by atoms with E-state index in [2.05, 4.69) is 6.92 Å². The molecule has 0 heterocycles. The van der Waals surface area contributed by atoms with Crippen molar-refractivity contribution in [3.8, 4) is 0 Å². The van der Waals surface area contributed by atoms with Crippen LogP contribution in [0.25, 0.3) is 0 Å². The minimum Gasteiger partial charge on any atom is -0.402 e.